The highest BCUT2D eigenvalue weighted by atomic mass is 19.1. The second kappa shape index (κ2) is 8.74. The summed E-state index contributed by atoms with van der Waals surface area (Å²) in [6.07, 6.45) is 0.861. The van der Waals surface area contributed by atoms with Crippen LogP contribution >= 0.6 is 0 Å². The third-order valence-electron chi connectivity index (χ3n) is 6.31. The number of anilines is 2. The standard InChI is InChI=1S/C25H22F2N4O3/c26-18-6-4-16(5-7-18)23(32)30-12-15-10-17(14-30)22-9-8-21(24(33)31(22)13-15)29-25(34)28-20-3-1-2-19(27)11-20/h1-9,11,15,17H,10,12-14H2,(H2,28,29,34)/t15-,17+/m0/s1. The van der Waals surface area contributed by atoms with Crippen LogP contribution in [0.2, 0.25) is 0 Å². The average molecular weight is 464 g/mol. The molecule has 2 aliphatic heterocycles. The summed E-state index contributed by atoms with van der Waals surface area (Å²) in [4.78, 5) is 40.1. The molecule has 3 amide bonds. The predicted molar refractivity (Wildman–Crippen MR) is 123 cm³/mol. The van der Waals surface area contributed by atoms with E-state index in [9.17, 15) is 23.2 Å². The van der Waals surface area contributed by atoms with Crippen molar-refractivity contribution < 1.29 is 18.4 Å². The number of rotatable bonds is 3. The van der Waals surface area contributed by atoms with Gasteiger partial charge in [-0.3, -0.25) is 9.59 Å². The summed E-state index contributed by atoms with van der Waals surface area (Å²) in [5, 5.41) is 5.06. The van der Waals surface area contributed by atoms with Gasteiger partial charge in [-0.1, -0.05) is 6.07 Å². The first-order chi connectivity index (χ1) is 16.4. The molecule has 0 saturated carbocycles. The molecule has 1 fully saturated rings. The molecular formula is C25H22F2N4O3. The van der Waals surface area contributed by atoms with Crippen LogP contribution < -0.4 is 16.2 Å². The van der Waals surface area contributed by atoms with Crippen molar-refractivity contribution in [3.05, 3.63) is 93.9 Å². The Balaban J connectivity index is 1.32. The van der Waals surface area contributed by atoms with Gasteiger partial charge < -0.3 is 20.1 Å². The molecule has 2 N–H and O–H groups in total. The van der Waals surface area contributed by atoms with Gasteiger partial charge in [0.05, 0.1) is 0 Å². The second-order valence-corrected chi connectivity index (χ2v) is 8.69. The third kappa shape index (κ3) is 4.28. The predicted octanol–water partition coefficient (Wildman–Crippen LogP) is 4.03. The summed E-state index contributed by atoms with van der Waals surface area (Å²) in [6.45, 7) is 1.38. The fourth-order valence-electron chi connectivity index (χ4n) is 4.83. The minimum absolute atomic E-state index is 0.0141. The van der Waals surface area contributed by atoms with Gasteiger partial charge in [-0.25, -0.2) is 13.6 Å². The Morgan fingerprint density at radius 1 is 0.882 bits per heavy atom. The maximum atomic E-state index is 13.3. The van der Waals surface area contributed by atoms with Gasteiger partial charge in [0.15, 0.2) is 0 Å². The first-order valence-electron chi connectivity index (χ1n) is 11.0. The molecule has 2 aromatic carbocycles. The number of hydrogen-bond acceptors (Lipinski definition) is 3. The van der Waals surface area contributed by atoms with Crippen LogP contribution in [0.3, 0.4) is 0 Å². The zero-order valence-electron chi connectivity index (χ0n) is 18.1. The van der Waals surface area contributed by atoms with Crippen LogP contribution in [-0.4, -0.2) is 34.5 Å². The lowest BCUT2D eigenvalue weighted by atomic mass is 9.83. The first kappa shape index (κ1) is 21.8. The van der Waals surface area contributed by atoms with Crippen LogP contribution in [-0.2, 0) is 6.54 Å². The van der Waals surface area contributed by atoms with Crippen LogP contribution in [0.25, 0.3) is 0 Å². The van der Waals surface area contributed by atoms with Crippen LogP contribution in [0, 0.1) is 17.6 Å². The van der Waals surface area contributed by atoms with Crippen molar-refractivity contribution in [3.63, 3.8) is 0 Å². The van der Waals surface area contributed by atoms with E-state index in [4.69, 9.17) is 0 Å². The van der Waals surface area contributed by atoms with E-state index in [0.717, 1.165) is 12.1 Å². The van der Waals surface area contributed by atoms with Gasteiger partial charge in [-0.2, -0.15) is 0 Å². The summed E-state index contributed by atoms with van der Waals surface area (Å²) in [5.41, 5.74) is 1.32. The number of likely N-dealkylation sites (tertiary alicyclic amines) is 1. The van der Waals surface area contributed by atoms with E-state index in [0.29, 0.717) is 25.2 Å². The minimum Gasteiger partial charge on any atom is -0.338 e. The first-order valence-corrected chi connectivity index (χ1v) is 11.0. The molecule has 3 aromatic rings. The van der Waals surface area contributed by atoms with Crippen molar-refractivity contribution in [2.75, 3.05) is 23.7 Å². The molecule has 2 bridgehead atoms. The van der Waals surface area contributed by atoms with E-state index in [1.54, 1.807) is 27.7 Å². The van der Waals surface area contributed by atoms with Crippen LogP contribution in [0.1, 0.15) is 28.4 Å². The molecule has 2 aliphatic rings. The Kier molecular flexibility index (Phi) is 5.61. The SMILES string of the molecule is O=C(Nc1cccc(F)c1)Nc1ccc2n(c1=O)C[C@H]1C[C@@H]2CN(C(=O)c2ccc(F)cc2)C1. The van der Waals surface area contributed by atoms with Gasteiger partial charge in [0, 0.05) is 42.5 Å². The highest BCUT2D eigenvalue weighted by Gasteiger charge is 2.37. The smallest absolute Gasteiger partial charge is 0.323 e. The number of fused-ring (bicyclic) bond motifs is 4. The normalized spacial score (nSPS) is 18.7. The summed E-state index contributed by atoms with van der Waals surface area (Å²) in [6, 6.07) is 13.7. The number of hydrogen-bond donors (Lipinski definition) is 2. The van der Waals surface area contributed by atoms with Crippen molar-refractivity contribution in [2.45, 2.75) is 18.9 Å². The zero-order chi connectivity index (χ0) is 23.8. The monoisotopic (exact) mass is 464 g/mol. The molecule has 34 heavy (non-hydrogen) atoms. The number of benzene rings is 2. The Morgan fingerprint density at radius 3 is 2.44 bits per heavy atom. The van der Waals surface area contributed by atoms with E-state index in [1.165, 1.54) is 42.5 Å². The van der Waals surface area contributed by atoms with Crippen molar-refractivity contribution in [3.8, 4) is 0 Å². The number of aromatic nitrogens is 1. The minimum atomic E-state index is -0.643. The van der Waals surface area contributed by atoms with E-state index >= 15 is 0 Å². The zero-order valence-corrected chi connectivity index (χ0v) is 18.1. The fraction of sp³-hybridized carbons (Fsp3) is 0.240. The van der Waals surface area contributed by atoms with Crippen LogP contribution in [0.5, 0.6) is 0 Å². The molecule has 5 rings (SSSR count). The highest BCUT2D eigenvalue weighted by molar-refractivity contribution is 5.99. The maximum absolute atomic E-state index is 13.3. The lowest BCUT2D eigenvalue weighted by Crippen LogP contribution is -2.49. The number of piperidine rings is 1. The van der Waals surface area contributed by atoms with Crippen molar-refractivity contribution >= 4 is 23.3 Å². The highest BCUT2D eigenvalue weighted by Crippen LogP contribution is 2.36. The molecule has 7 nitrogen and oxygen atoms in total. The molecule has 3 heterocycles. The van der Waals surface area contributed by atoms with Gasteiger partial charge in [-0.15, -0.1) is 0 Å². The number of nitrogens with one attached hydrogen (secondary N) is 2. The molecule has 174 valence electrons. The maximum Gasteiger partial charge on any atom is 0.323 e. The molecule has 0 aliphatic carbocycles. The fourth-order valence-corrected chi connectivity index (χ4v) is 4.83. The van der Waals surface area contributed by atoms with Crippen molar-refractivity contribution in [1.29, 1.82) is 0 Å². The van der Waals surface area contributed by atoms with E-state index in [2.05, 4.69) is 10.6 Å². The molecule has 1 aromatic heterocycles. The second-order valence-electron chi connectivity index (χ2n) is 8.69. The molecule has 9 heteroatoms. The van der Waals surface area contributed by atoms with Gasteiger partial charge >= 0.3 is 6.03 Å². The number of amides is 3. The molecule has 1 saturated heterocycles. The number of urea groups is 1. The van der Waals surface area contributed by atoms with E-state index in [-0.39, 0.29) is 34.7 Å². The van der Waals surface area contributed by atoms with E-state index in [1.807, 2.05) is 0 Å². The lowest BCUT2D eigenvalue weighted by molar-refractivity contribution is 0.0594. The largest absolute Gasteiger partial charge is 0.338 e. The summed E-state index contributed by atoms with van der Waals surface area (Å²) in [7, 11) is 0. The number of carbonyl (C=O) groups excluding carboxylic acids is 2. The quantitative estimate of drug-likeness (QED) is 0.614. The van der Waals surface area contributed by atoms with Gasteiger partial charge in [0.2, 0.25) is 0 Å². The molecule has 2 atom stereocenters. The Bertz CT molecular complexity index is 1320. The topological polar surface area (TPSA) is 83.4 Å². The third-order valence-corrected chi connectivity index (χ3v) is 6.31. The van der Waals surface area contributed by atoms with Crippen molar-refractivity contribution in [2.24, 2.45) is 5.92 Å². The van der Waals surface area contributed by atoms with Crippen LogP contribution in [0.4, 0.5) is 25.0 Å². The Morgan fingerprint density at radius 2 is 1.68 bits per heavy atom. The number of halogens is 2. The van der Waals surface area contributed by atoms with Gasteiger partial charge in [0.1, 0.15) is 17.3 Å². The van der Waals surface area contributed by atoms with Crippen LogP contribution in [0.15, 0.2) is 65.5 Å². The molecule has 0 spiro atoms. The van der Waals surface area contributed by atoms with Gasteiger partial charge in [0.25, 0.3) is 11.5 Å². The number of nitrogens with zero attached hydrogens (tertiary/aromatic N) is 2. The lowest BCUT2D eigenvalue weighted by Gasteiger charge is -2.43. The van der Waals surface area contributed by atoms with E-state index < -0.39 is 17.7 Å². The number of pyridine rings is 1. The molecule has 0 radical (unpaired) electrons. The molecule has 0 unspecified atom stereocenters. The Hall–Kier alpha value is -4.01. The van der Waals surface area contributed by atoms with Gasteiger partial charge in [-0.05, 0) is 66.9 Å². The average Bonchev–Trinajstić information content (AvgIpc) is 2.81. The summed E-state index contributed by atoms with van der Waals surface area (Å²) < 4.78 is 28.2. The summed E-state index contributed by atoms with van der Waals surface area (Å²) >= 11 is 0. The summed E-state index contributed by atoms with van der Waals surface area (Å²) in [5.74, 6) is -0.957. The Labute approximate surface area is 194 Å². The molecular weight excluding hydrogens is 442 g/mol. The van der Waals surface area contributed by atoms with Crippen molar-refractivity contribution in [1.82, 2.24) is 9.47 Å². The number of carbonyl (C=O) groups is 2.